The molecule has 2 aromatic rings. The molecule has 4 heteroatoms. The van der Waals surface area contributed by atoms with Gasteiger partial charge in [0.2, 0.25) is 0 Å². The molecule has 0 N–H and O–H groups in total. The highest BCUT2D eigenvalue weighted by Crippen LogP contribution is 2.31. The van der Waals surface area contributed by atoms with E-state index in [0.717, 1.165) is 24.9 Å². The molecule has 0 radical (unpaired) electrons. The van der Waals surface area contributed by atoms with Crippen molar-refractivity contribution in [1.29, 1.82) is 5.26 Å². The first-order valence-electron chi connectivity index (χ1n) is 7.76. The molecule has 1 amide bonds. The Labute approximate surface area is 135 Å². The molecule has 1 aliphatic rings. The minimum atomic E-state index is -0.0397. The second-order valence-corrected chi connectivity index (χ2v) is 5.55. The number of para-hydroxylation sites is 1. The van der Waals surface area contributed by atoms with Gasteiger partial charge in [0.05, 0.1) is 11.6 Å². The lowest BCUT2D eigenvalue weighted by Crippen LogP contribution is -2.34. The van der Waals surface area contributed by atoms with E-state index in [2.05, 4.69) is 18.2 Å². The van der Waals surface area contributed by atoms with Crippen LogP contribution in [0.4, 0.5) is 0 Å². The SMILES string of the molecule is N#Cc1ccccc1OCC(=O)N1CCC[C@H]1c1ccccc1. The van der Waals surface area contributed by atoms with E-state index in [4.69, 9.17) is 10.00 Å². The van der Waals surface area contributed by atoms with E-state index in [0.29, 0.717) is 11.3 Å². The van der Waals surface area contributed by atoms with Crippen LogP contribution < -0.4 is 4.74 Å². The number of rotatable bonds is 4. The minimum Gasteiger partial charge on any atom is -0.482 e. The number of benzene rings is 2. The molecule has 116 valence electrons. The van der Waals surface area contributed by atoms with Gasteiger partial charge in [-0.2, -0.15) is 5.26 Å². The minimum absolute atomic E-state index is 0.0379. The average molecular weight is 306 g/mol. The van der Waals surface area contributed by atoms with E-state index in [-0.39, 0.29) is 18.6 Å². The summed E-state index contributed by atoms with van der Waals surface area (Å²) in [5.41, 5.74) is 1.61. The Hall–Kier alpha value is -2.80. The fraction of sp³-hybridized carbons (Fsp3) is 0.263. The molecule has 1 atom stereocenters. The Morgan fingerprint density at radius 1 is 1.17 bits per heavy atom. The van der Waals surface area contributed by atoms with Crippen LogP contribution >= 0.6 is 0 Å². The van der Waals surface area contributed by atoms with Gasteiger partial charge in [0, 0.05) is 6.54 Å². The van der Waals surface area contributed by atoms with Crippen LogP contribution in [0.5, 0.6) is 5.75 Å². The highest BCUT2D eigenvalue weighted by Gasteiger charge is 2.29. The molecule has 0 spiro atoms. The quantitative estimate of drug-likeness (QED) is 0.871. The molecular weight excluding hydrogens is 288 g/mol. The molecule has 1 heterocycles. The van der Waals surface area contributed by atoms with Gasteiger partial charge in [-0.1, -0.05) is 42.5 Å². The summed E-state index contributed by atoms with van der Waals surface area (Å²) in [6, 6.07) is 19.3. The fourth-order valence-electron chi connectivity index (χ4n) is 2.99. The lowest BCUT2D eigenvalue weighted by Gasteiger charge is -2.25. The van der Waals surface area contributed by atoms with Gasteiger partial charge in [-0.15, -0.1) is 0 Å². The Bertz CT molecular complexity index is 722. The Kier molecular flexibility index (Phi) is 4.58. The van der Waals surface area contributed by atoms with E-state index >= 15 is 0 Å². The van der Waals surface area contributed by atoms with Gasteiger partial charge < -0.3 is 9.64 Å². The Morgan fingerprint density at radius 2 is 1.91 bits per heavy atom. The van der Waals surface area contributed by atoms with Crippen molar-refractivity contribution in [1.82, 2.24) is 4.90 Å². The Balaban J connectivity index is 1.67. The summed E-state index contributed by atoms with van der Waals surface area (Å²) in [7, 11) is 0. The summed E-state index contributed by atoms with van der Waals surface area (Å²) in [5, 5.41) is 9.06. The van der Waals surface area contributed by atoms with Gasteiger partial charge in [0.15, 0.2) is 6.61 Å². The van der Waals surface area contributed by atoms with Crippen LogP contribution in [-0.2, 0) is 4.79 Å². The van der Waals surface area contributed by atoms with Crippen LogP contribution in [0, 0.1) is 11.3 Å². The molecule has 0 unspecified atom stereocenters. The molecule has 1 fully saturated rings. The van der Waals surface area contributed by atoms with Crippen LogP contribution in [0.3, 0.4) is 0 Å². The number of carbonyl (C=O) groups excluding carboxylic acids is 1. The zero-order valence-corrected chi connectivity index (χ0v) is 12.8. The first kappa shape index (κ1) is 15.1. The maximum absolute atomic E-state index is 12.5. The van der Waals surface area contributed by atoms with Crippen LogP contribution in [0.15, 0.2) is 54.6 Å². The number of carbonyl (C=O) groups is 1. The molecule has 1 aliphatic heterocycles. The predicted octanol–water partition coefficient (Wildman–Crippen LogP) is 3.30. The van der Waals surface area contributed by atoms with Crippen LogP contribution in [0.25, 0.3) is 0 Å². The number of amides is 1. The highest BCUT2D eigenvalue weighted by atomic mass is 16.5. The fourth-order valence-corrected chi connectivity index (χ4v) is 2.99. The third-order valence-corrected chi connectivity index (χ3v) is 4.12. The van der Waals surface area contributed by atoms with Crippen molar-refractivity contribution in [2.45, 2.75) is 18.9 Å². The van der Waals surface area contributed by atoms with E-state index in [1.54, 1.807) is 24.3 Å². The number of hydrogen-bond donors (Lipinski definition) is 0. The summed E-state index contributed by atoms with van der Waals surface area (Å²) in [6.07, 6.45) is 1.98. The zero-order valence-electron chi connectivity index (χ0n) is 12.8. The van der Waals surface area contributed by atoms with Crippen molar-refractivity contribution < 1.29 is 9.53 Å². The molecular formula is C19H18N2O2. The maximum atomic E-state index is 12.5. The second kappa shape index (κ2) is 6.97. The zero-order chi connectivity index (χ0) is 16.1. The first-order valence-corrected chi connectivity index (χ1v) is 7.76. The number of likely N-dealkylation sites (tertiary alicyclic amines) is 1. The summed E-state index contributed by atoms with van der Waals surface area (Å²) in [4.78, 5) is 14.4. The third-order valence-electron chi connectivity index (χ3n) is 4.12. The van der Waals surface area contributed by atoms with Crippen molar-refractivity contribution in [2.75, 3.05) is 13.2 Å². The first-order chi connectivity index (χ1) is 11.3. The monoisotopic (exact) mass is 306 g/mol. The molecule has 3 rings (SSSR count). The number of ether oxygens (including phenoxy) is 1. The molecule has 0 bridgehead atoms. The topological polar surface area (TPSA) is 53.3 Å². The molecule has 0 aliphatic carbocycles. The molecule has 2 aromatic carbocycles. The van der Waals surface area contributed by atoms with Crippen LogP contribution in [0.2, 0.25) is 0 Å². The van der Waals surface area contributed by atoms with E-state index in [1.165, 1.54) is 0 Å². The number of hydrogen-bond acceptors (Lipinski definition) is 3. The largest absolute Gasteiger partial charge is 0.482 e. The second-order valence-electron chi connectivity index (χ2n) is 5.55. The van der Waals surface area contributed by atoms with Crippen LogP contribution in [0.1, 0.15) is 30.0 Å². The van der Waals surface area contributed by atoms with Gasteiger partial charge in [-0.3, -0.25) is 4.79 Å². The third kappa shape index (κ3) is 3.35. The van der Waals surface area contributed by atoms with Crippen molar-refractivity contribution >= 4 is 5.91 Å². The van der Waals surface area contributed by atoms with Crippen molar-refractivity contribution in [3.05, 3.63) is 65.7 Å². The van der Waals surface area contributed by atoms with E-state index in [9.17, 15) is 4.79 Å². The standard InChI is InChI=1S/C19H18N2O2/c20-13-16-9-4-5-11-18(16)23-14-19(22)21-12-6-10-17(21)15-7-2-1-3-8-15/h1-5,7-9,11,17H,6,10,12,14H2/t17-/m0/s1. The summed E-state index contributed by atoms with van der Waals surface area (Å²) in [5.74, 6) is 0.419. The van der Waals surface area contributed by atoms with Gasteiger partial charge >= 0.3 is 0 Å². The highest BCUT2D eigenvalue weighted by molar-refractivity contribution is 5.78. The van der Waals surface area contributed by atoms with E-state index in [1.807, 2.05) is 23.1 Å². The lowest BCUT2D eigenvalue weighted by atomic mass is 10.0. The van der Waals surface area contributed by atoms with Gasteiger partial charge in [-0.25, -0.2) is 0 Å². The van der Waals surface area contributed by atoms with Crippen molar-refractivity contribution in [2.24, 2.45) is 0 Å². The Morgan fingerprint density at radius 3 is 2.70 bits per heavy atom. The predicted molar refractivity (Wildman–Crippen MR) is 86.8 cm³/mol. The maximum Gasteiger partial charge on any atom is 0.261 e. The summed E-state index contributed by atoms with van der Waals surface area (Å²) >= 11 is 0. The molecule has 0 saturated carbocycles. The van der Waals surface area contributed by atoms with Crippen molar-refractivity contribution in [3.8, 4) is 11.8 Å². The van der Waals surface area contributed by atoms with Crippen LogP contribution in [-0.4, -0.2) is 24.0 Å². The van der Waals surface area contributed by atoms with E-state index < -0.39 is 0 Å². The van der Waals surface area contributed by atoms with Gasteiger partial charge in [0.1, 0.15) is 11.8 Å². The molecule has 4 nitrogen and oxygen atoms in total. The normalized spacial score (nSPS) is 16.8. The summed E-state index contributed by atoms with van der Waals surface area (Å²) in [6.45, 7) is 0.712. The lowest BCUT2D eigenvalue weighted by molar-refractivity contribution is -0.134. The van der Waals surface area contributed by atoms with Gasteiger partial charge in [0.25, 0.3) is 5.91 Å². The molecule has 23 heavy (non-hydrogen) atoms. The van der Waals surface area contributed by atoms with Crippen molar-refractivity contribution in [3.63, 3.8) is 0 Å². The molecule has 1 saturated heterocycles. The summed E-state index contributed by atoms with van der Waals surface area (Å²) < 4.78 is 5.57. The number of nitrogens with zero attached hydrogens (tertiary/aromatic N) is 2. The number of nitriles is 1. The smallest absolute Gasteiger partial charge is 0.261 e. The van der Waals surface area contributed by atoms with Gasteiger partial charge in [-0.05, 0) is 30.5 Å². The molecule has 0 aromatic heterocycles. The average Bonchev–Trinajstić information content (AvgIpc) is 3.10.